The van der Waals surface area contributed by atoms with Crippen molar-refractivity contribution in [1.29, 1.82) is 0 Å². The van der Waals surface area contributed by atoms with Crippen LogP contribution in [-0.2, 0) is 9.13 Å². The van der Waals surface area contributed by atoms with E-state index in [9.17, 15) is 8.39 Å². The van der Waals surface area contributed by atoms with Crippen LogP contribution in [0, 0.1) is 0 Å². The van der Waals surface area contributed by atoms with Gasteiger partial charge >= 0.3 is 23.9 Å². The van der Waals surface area contributed by atoms with E-state index in [0.29, 0.717) is 0 Å². The van der Waals surface area contributed by atoms with Crippen LogP contribution in [0.1, 0.15) is 0 Å². The van der Waals surface area contributed by atoms with E-state index >= 15 is 0 Å². The van der Waals surface area contributed by atoms with Crippen LogP contribution < -0.4 is 19.6 Å². The molecular formula is HF3O6P2Sn. The Hall–Kier alpha value is 0.889. The third-order valence-electron chi connectivity index (χ3n) is 0. The average Bonchev–Trinajstić information content (AvgIpc) is 1.12. The molecule has 0 fully saturated rings. The fourth-order valence-corrected chi connectivity index (χ4v) is 0. The molecule has 0 heterocycles. The second-order valence-corrected chi connectivity index (χ2v) is 2.58. The molecule has 0 atom stereocenters. The molecule has 0 unspecified atom stereocenters. The summed E-state index contributed by atoms with van der Waals surface area (Å²) in [7, 11) is -11.3. The smallest absolute Gasteiger partial charge is 0.786 e. The summed E-state index contributed by atoms with van der Waals surface area (Å²) < 4.78 is 37.1. The maximum Gasteiger partial charge on any atom is 4.00 e. The van der Waals surface area contributed by atoms with Crippen LogP contribution >= 0.6 is 15.8 Å². The Morgan fingerprint density at radius 3 is 0.833 bits per heavy atom. The zero-order valence-corrected chi connectivity index (χ0v) is 9.65. The van der Waals surface area contributed by atoms with Gasteiger partial charge in [0.2, 0.25) is 0 Å². The van der Waals surface area contributed by atoms with Crippen molar-refractivity contribution in [2.45, 2.75) is 0 Å². The molecule has 0 aromatic carbocycles. The Kier molecular flexibility index (Phi) is 16.3. The van der Waals surface area contributed by atoms with E-state index < -0.39 is 15.8 Å². The summed E-state index contributed by atoms with van der Waals surface area (Å²) in [6.07, 6.45) is 0. The normalized spacial score (nSPS) is 9.83. The minimum Gasteiger partial charge on any atom is -0.786 e. The van der Waals surface area contributed by atoms with E-state index in [1.165, 1.54) is 0 Å². The van der Waals surface area contributed by atoms with Gasteiger partial charge in [-0.25, -0.2) is 8.39 Å². The summed E-state index contributed by atoms with van der Waals surface area (Å²) in [4.78, 5) is 33.8. The predicted molar refractivity (Wildman–Crippen MR) is 25.7 cm³/mol. The van der Waals surface area contributed by atoms with Crippen LogP contribution in [0.25, 0.3) is 0 Å². The van der Waals surface area contributed by atoms with Gasteiger partial charge in [0.15, 0.2) is 0 Å². The Morgan fingerprint density at radius 1 is 0.833 bits per heavy atom. The summed E-state index contributed by atoms with van der Waals surface area (Å²) in [5, 5.41) is 0. The van der Waals surface area contributed by atoms with Crippen LogP contribution in [0.3, 0.4) is 0 Å². The second kappa shape index (κ2) is 8.49. The molecule has 0 rings (SSSR count). The summed E-state index contributed by atoms with van der Waals surface area (Å²) >= 11 is 0. The molecule has 72 valence electrons. The quantitative estimate of drug-likeness (QED) is 0.351. The van der Waals surface area contributed by atoms with E-state index in [1.54, 1.807) is 0 Å². The Balaban J connectivity index is -0.0000000457. The molecule has 0 N–H and O–H groups in total. The Bertz CT molecular complexity index is 133. The van der Waals surface area contributed by atoms with Crippen molar-refractivity contribution in [2.75, 3.05) is 0 Å². The fourth-order valence-electron chi connectivity index (χ4n) is 0. The molecule has 0 aliphatic rings. The summed E-state index contributed by atoms with van der Waals surface area (Å²) in [6, 6.07) is 0. The van der Waals surface area contributed by atoms with Crippen molar-refractivity contribution in [2.24, 2.45) is 0 Å². The Labute approximate surface area is 81.9 Å². The average molecular weight is 335 g/mol. The largest absolute Gasteiger partial charge is 4.00 e. The molecule has 12 heavy (non-hydrogen) atoms. The first-order valence-corrected chi connectivity index (χ1v) is 4.30. The molecule has 0 aliphatic heterocycles. The number of halogens is 3. The molecule has 6 nitrogen and oxygen atoms in total. The maximum absolute atomic E-state index is 10.1. The summed E-state index contributed by atoms with van der Waals surface area (Å²) in [5.41, 5.74) is 0. The van der Waals surface area contributed by atoms with E-state index in [2.05, 4.69) is 0 Å². The van der Waals surface area contributed by atoms with Crippen LogP contribution in [0.5, 0.6) is 0 Å². The van der Waals surface area contributed by atoms with E-state index in [4.69, 9.17) is 28.7 Å². The molecule has 0 saturated heterocycles. The van der Waals surface area contributed by atoms with Gasteiger partial charge in [-0.05, 0) is 0 Å². The predicted octanol–water partition coefficient (Wildman–Crippen LogP) is -2.66. The topological polar surface area (TPSA) is 126 Å². The first-order chi connectivity index (χ1) is 4.00. The number of hydrogen-bond acceptors (Lipinski definition) is 6. The standard InChI is InChI=1S/2FH2O3P.FH.Sn/c2*1-5(2,3)4;;/h2*(H2,2,3,4);1H;/q;;;+4/p-4. The van der Waals surface area contributed by atoms with Crippen molar-refractivity contribution in [3.05, 3.63) is 0 Å². The molecule has 0 saturated carbocycles. The third-order valence-corrected chi connectivity index (χ3v) is 0. The molecule has 0 radical (unpaired) electrons. The van der Waals surface area contributed by atoms with Gasteiger partial charge in [-0.15, -0.1) is 0 Å². The van der Waals surface area contributed by atoms with Gasteiger partial charge in [-0.2, -0.15) is 0 Å². The van der Waals surface area contributed by atoms with Gasteiger partial charge in [0.05, 0.1) is 0 Å². The van der Waals surface area contributed by atoms with Gasteiger partial charge in [-0.3, -0.25) is 4.70 Å². The first kappa shape index (κ1) is 23.1. The summed E-state index contributed by atoms with van der Waals surface area (Å²) in [5.74, 6) is 0. The van der Waals surface area contributed by atoms with Crippen LogP contribution in [-0.4, -0.2) is 23.9 Å². The zero-order chi connectivity index (χ0) is 9.00. The van der Waals surface area contributed by atoms with Crippen LogP contribution in [0.4, 0.5) is 13.1 Å². The van der Waals surface area contributed by atoms with Gasteiger partial charge in [0, 0.05) is 0 Å². The Morgan fingerprint density at radius 2 is 0.833 bits per heavy atom. The first-order valence-electron chi connectivity index (χ1n) is 1.43. The second-order valence-electron chi connectivity index (χ2n) is 0.861. The van der Waals surface area contributed by atoms with Crippen LogP contribution in [0.2, 0.25) is 0 Å². The molecule has 0 bridgehead atoms. The van der Waals surface area contributed by atoms with Crippen molar-refractivity contribution >= 4 is 39.7 Å². The monoisotopic (exact) mass is 336 g/mol. The third kappa shape index (κ3) is 1350. The SMILES string of the molecule is F.O=P([O-])([O-])F.O=P([O-])([O-])F.[Sn+4]. The fraction of sp³-hybridized carbons (Fsp3) is 0. The van der Waals surface area contributed by atoms with Gasteiger partial charge in [0.1, 0.15) is 15.8 Å². The maximum atomic E-state index is 10.1. The van der Waals surface area contributed by atoms with Gasteiger partial charge in [-0.1, -0.05) is 0 Å². The summed E-state index contributed by atoms with van der Waals surface area (Å²) in [6.45, 7) is 0. The number of hydrogen-bond donors (Lipinski definition) is 0. The zero-order valence-electron chi connectivity index (χ0n) is 5.01. The van der Waals surface area contributed by atoms with Gasteiger partial charge in [0.25, 0.3) is 0 Å². The molecule has 0 spiro atoms. The molecule has 12 heteroatoms. The van der Waals surface area contributed by atoms with E-state index in [0.717, 1.165) is 0 Å². The molecule has 0 aromatic rings. The molecule has 0 aliphatic carbocycles. The van der Waals surface area contributed by atoms with Crippen molar-refractivity contribution in [3.8, 4) is 0 Å². The number of rotatable bonds is 0. The van der Waals surface area contributed by atoms with Crippen molar-refractivity contribution < 1.29 is 41.8 Å². The van der Waals surface area contributed by atoms with E-state index in [1.807, 2.05) is 0 Å². The minimum atomic E-state index is -5.64. The molecule has 0 aromatic heterocycles. The van der Waals surface area contributed by atoms with Crippen LogP contribution in [0.15, 0.2) is 0 Å². The molecule has 0 amide bonds. The molecular weight excluding hydrogens is 334 g/mol. The van der Waals surface area contributed by atoms with E-state index in [-0.39, 0.29) is 28.6 Å². The van der Waals surface area contributed by atoms with Crippen molar-refractivity contribution in [3.63, 3.8) is 0 Å². The van der Waals surface area contributed by atoms with Crippen molar-refractivity contribution in [1.82, 2.24) is 0 Å². The minimum absolute atomic E-state index is 0. The van der Waals surface area contributed by atoms with Gasteiger partial charge < -0.3 is 28.7 Å².